The third kappa shape index (κ3) is 4.44. The number of hydrogen-bond acceptors (Lipinski definition) is 4. The van der Waals surface area contributed by atoms with Crippen molar-refractivity contribution in [3.63, 3.8) is 0 Å². The van der Waals surface area contributed by atoms with Gasteiger partial charge in [-0.05, 0) is 91.8 Å². The fourth-order valence-corrected chi connectivity index (χ4v) is 4.51. The van der Waals surface area contributed by atoms with Gasteiger partial charge in [0, 0.05) is 11.9 Å². The molecule has 3 aromatic carbocycles. The molecule has 0 radical (unpaired) electrons. The average Bonchev–Trinajstić information content (AvgIpc) is 3.31. The summed E-state index contributed by atoms with van der Waals surface area (Å²) in [5.74, 6) is 0.306. The van der Waals surface area contributed by atoms with E-state index >= 15 is 0 Å². The molecule has 5 rings (SSSR count). The van der Waals surface area contributed by atoms with Gasteiger partial charge in [-0.2, -0.15) is 0 Å². The summed E-state index contributed by atoms with van der Waals surface area (Å²) in [5, 5.41) is 2.68. The van der Waals surface area contributed by atoms with E-state index < -0.39 is 11.8 Å². The van der Waals surface area contributed by atoms with E-state index in [1.165, 1.54) is 4.90 Å². The highest BCUT2D eigenvalue weighted by Gasteiger charge is 2.34. The Morgan fingerprint density at radius 3 is 2.17 bits per heavy atom. The van der Waals surface area contributed by atoms with Crippen molar-refractivity contribution in [2.45, 2.75) is 13.8 Å². The van der Waals surface area contributed by atoms with E-state index in [0.29, 0.717) is 22.9 Å². The maximum atomic E-state index is 13.5. The van der Waals surface area contributed by atoms with Crippen LogP contribution in [0.15, 0.2) is 96.7 Å². The summed E-state index contributed by atoms with van der Waals surface area (Å²) in [6, 6.07) is 26.2. The van der Waals surface area contributed by atoms with E-state index in [1.54, 1.807) is 30.3 Å². The molecule has 0 bridgehead atoms. The van der Waals surface area contributed by atoms with Crippen molar-refractivity contribution < 1.29 is 14.3 Å². The number of benzene rings is 3. The Hall–Kier alpha value is -4.49. The molecule has 2 amide bonds. The van der Waals surface area contributed by atoms with Gasteiger partial charge in [-0.25, -0.2) is 0 Å². The molecule has 36 heavy (non-hydrogen) atoms. The average molecular weight is 494 g/mol. The van der Waals surface area contributed by atoms with Gasteiger partial charge in [0.2, 0.25) is 0 Å². The first kappa shape index (κ1) is 23.3. The number of aryl methyl sites for hydroxylation is 2. The number of nitrogens with one attached hydrogen (secondary N) is 1. The normalized spacial score (nSPS) is 14.8. The van der Waals surface area contributed by atoms with Crippen LogP contribution in [0.4, 0.5) is 5.69 Å². The van der Waals surface area contributed by atoms with Crippen molar-refractivity contribution in [3.8, 4) is 17.2 Å². The number of carbonyl (C=O) groups excluding carboxylic acids is 2. The van der Waals surface area contributed by atoms with E-state index in [0.717, 1.165) is 16.8 Å². The molecule has 1 N–H and O–H groups in total. The van der Waals surface area contributed by atoms with Gasteiger partial charge in [0.15, 0.2) is 5.11 Å². The van der Waals surface area contributed by atoms with Gasteiger partial charge in [0.1, 0.15) is 17.1 Å². The lowest BCUT2D eigenvalue weighted by Crippen LogP contribution is -2.54. The summed E-state index contributed by atoms with van der Waals surface area (Å²) in [5.41, 5.74) is 4.43. The maximum absolute atomic E-state index is 13.5. The number of ether oxygens (including phenoxy) is 1. The number of aromatic nitrogens is 1. The number of hydrogen-bond donors (Lipinski definition) is 1. The predicted molar refractivity (Wildman–Crippen MR) is 144 cm³/mol. The van der Waals surface area contributed by atoms with Crippen molar-refractivity contribution in [3.05, 3.63) is 114 Å². The molecular formula is C29H23N3O3S. The number of rotatable bonds is 5. The summed E-state index contributed by atoms with van der Waals surface area (Å²) < 4.78 is 7.81. The molecule has 0 atom stereocenters. The van der Waals surface area contributed by atoms with E-state index in [9.17, 15) is 9.59 Å². The molecule has 0 saturated carbocycles. The van der Waals surface area contributed by atoms with Crippen molar-refractivity contribution in [2.24, 2.45) is 0 Å². The molecule has 178 valence electrons. The van der Waals surface area contributed by atoms with Crippen LogP contribution >= 0.6 is 12.2 Å². The topological polar surface area (TPSA) is 63.6 Å². The number of nitrogens with zero attached hydrogens (tertiary/aromatic N) is 2. The van der Waals surface area contributed by atoms with Gasteiger partial charge in [-0.15, -0.1) is 0 Å². The largest absolute Gasteiger partial charge is 0.457 e. The molecule has 1 aliphatic heterocycles. The Labute approximate surface area is 214 Å². The smallest absolute Gasteiger partial charge is 0.270 e. The highest BCUT2D eigenvalue weighted by atomic mass is 32.1. The molecular weight excluding hydrogens is 470 g/mol. The van der Waals surface area contributed by atoms with Crippen molar-refractivity contribution >= 4 is 40.9 Å². The Kier molecular flexibility index (Phi) is 6.23. The minimum Gasteiger partial charge on any atom is -0.457 e. The summed E-state index contributed by atoms with van der Waals surface area (Å²) >= 11 is 5.35. The van der Waals surface area contributed by atoms with E-state index in [1.807, 2.05) is 85.3 Å². The standard InChI is InChI=1S/C29H23N3O3S/c1-19-8-6-9-20(2)26(19)31-17-7-10-22(31)18-25-27(33)30-29(36)32(28(25)34)21-13-15-24(16-14-21)35-23-11-4-3-5-12-23/h3-18H,1-2H3,(H,30,33,36)/b25-18-. The first-order chi connectivity index (χ1) is 17.4. The fourth-order valence-electron chi connectivity index (χ4n) is 4.23. The quantitative estimate of drug-likeness (QED) is 0.220. The number of carbonyl (C=O) groups is 2. The molecule has 1 aromatic heterocycles. The predicted octanol–water partition coefficient (Wildman–Crippen LogP) is 5.72. The second kappa shape index (κ2) is 9.64. The Morgan fingerprint density at radius 2 is 1.47 bits per heavy atom. The van der Waals surface area contributed by atoms with Crippen LogP contribution in [0.3, 0.4) is 0 Å². The molecule has 1 aliphatic rings. The van der Waals surface area contributed by atoms with Gasteiger partial charge in [0.05, 0.1) is 11.4 Å². The first-order valence-electron chi connectivity index (χ1n) is 11.4. The van der Waals surface area contributed by atoms with Crippen LogP contribution in [-0.4, -0.2) is 21.5 Å². The third-order valence-corrected chi connectivity index (χ3v) is 6.21. The van der Waals surface area contributed by atoms with Crippen LogP contribution in [0.2, 0.25) is 0 Å². The van der Waals surface area contributed by atoms with Crippen LogP contribution in [0.25, 0.3) is 11.8 Å². The fraction of sp³-hybridized carbons (Fsp3) is 0.0690. The molecule has 1 fully saturated rings. The summed E-state index contributed by atoms with van der Waals surface area (Å²) in [4.78, 5) is 27.6. The Balaban J connectivity index is 1.46. The van der Waals surface area contributed by atoms with Crippen molar-refractivity contribution in [1.29, 1.82) is 0 Å². The molecule has 0 aliphatic carbocycles. The molecule has 2 heterocycles. The van der Waals surface area contributed by atoms with Gasteiger partial charge < -0.3 is 9.30 Å². The van der Waals surface area contributed by atoms with Crippen molar-refractivity contribution in [2.75, 3.05) is 4.90 Å². The minimum atomic E-state index is -0.528. The molecule has 0 spiro atoms. The zero-order valence-corrected chi connectivity index (χ0v) is 20.6. The Morgan fingerprint density at radius 1 is 0.806 bits per heavy atom. The number of para-hydroxylation sites is 2. The molecule has 6 nitrogen and oxygen atoms in total. The maximum Gasteiger partial charge on any atom is 0.270 e. The lowest BCUT2D eigenvalue weighted by molar-refractivity contribution is -0.122. The van der Waals surface area contributed by atoms with E-state index in [-0.39, 0.29) is 10.7 Å². The number of amides is 2. The lowest BCUT2D eigenvalue weighted by Gasteiger charge is -2.29. The third-order valence-electron chi connectivity index (χ3n) is 5.93. The Bertz CT molecular complexity index is 1480. The second-order valence-corrected chi connectivity index (χ2v) is 8.80. The lowest BCUT2D eigenvalue weighted by atomic mass is 10.1. The summed E-state index contributed by atoms with van der Waals surface area (Å²) in [6.07, 6.45) is 3.52. The number of thiocarbonyl (C=S) groups is 1. The second-order valence-electron chi connectivity index (χ2n) is 8.41. The molecule has 7 heteroatoms. The minimum absolute atomic E-state index is 0.000556. The van der Waals surface area contributed by atoms with E-state index in [4.69, 9.17) is 17.0 Å². The van der Waals surface area contributed by atoms with Crippen LogP contribution in [0, 0.1) is 13.8 Å². The van der Waals surface area contributed by atoms with Gasteiger partial charge in [-0.3, -0.25) is 19.8 Å². The first-order valence-corrected chi connectivity index (χ1v) is 11.8. The molecule has 0 unspecified atom stereocenters. The van der Waals surface area contributed by atoms with Crippen LogP contribution in [0.1, 0.15) is 16.8 Å². The summed E-state index contributed by atoms with van der Waals surface area (Å²) in [6.45, 7) is 4.06. The van der Waals surface area contributed by atoms with Gasteiger partial charge >= 0.3 is 0 Å². The van der Waals surface area contributed by atoms with Gasteiger partial charge in [-0.1, -0.05) is 36.4 Å². The zero-order chi connectivity index (χ0) is 25.2. The monoisotopic (exact) mass is 493 g/mol. The highest BCUT2D eigenvalue weighted by molar-refractivity contribution is 7.80. The van der Waals surface area contributed by atoms with Crippen LogP contribution in [-0.2, 0) is 9.59 Å². The molecule has 1 saturated heterocycles. The highest BCUT2D eigenvalue weighted by Crippen LogP contribution is 2.28. The zero-order valence-electron chi connectivity index (χ0n) is 19.8. The van der Waals surface area contributed by atoms with E-state index in [2.05, 4.69) is 5.32 Å². The SMILES string of the molecule is Cc1cccc(C)c1-n1cccc1/C=C1/C(=O)NC(=S)N(c2ccc(Oc3ccccc3)cc2)C1=O. The number of anilines is 1. The van der Waals surface area contributed by atoms with Crippen LogP contribution in [0.5, 0.6) is 11.5 Å². The van der Waals surface area contributed by atoms with Crippen LogP contribution < -0.4 is 15.0 Å². The van der Waals surface area contributed by atoms with Crippen molar-refractivity contribution in [1.82, 2.24) is 9.88 Å². The summed E-state index contributed by atoms with van der Waals surface area (Å²) in [7, 11) is 0. The molecule has 4 aromatic rings. The van der Waals surface area contributed by atoms with Gasteiger partial charge in [0.25, 0.3) is 11.8 Å².